The van der Waals surface area contributed by atoms with E-state index in [-0.39, 0.29) is 24.1 Å². The smallest absolute Gasteiger partial charge is 0.256 e. The zero-order valence-electron chi connectivity index (χ0n) is 18.5. The van der Waals surface area contributed by atoms with Gasteiger partial charge in [-0.15, -0.1) is 0 Å². The van der Waals surface area contributed by atoms with Crippen LogP contribution in [0.15, 0.2) is 17.1 Å². The van der Waals surface area contributed by atoms with Gasteiger partial charge >= 0.3 is 0 Å². The third kappa shape index (κ3) is 4.63. The third-order valence-corrected chi connectivity index (χ3v) is 7.92. The molecular formula is C21H30N6O4S. The first-order chi connectivity index (χ1) is 15.1. The largest absolute Gasteiger partial charge is 0.369 e. The van der Waals surface area contributed by atoms with E-state index < -0.39 is 15.9 Å². The number of carbonyl (C=O) groups excluding carboxylic acids is 1. The number of anilines is 1. The molecule has 2 fully saturated rings. The lowest BCUT2D eigenvalue weighted by Crippen LogP contribution is -2.42. The zero-order valence-corrected chi connectivity index (χ0v) is 19.3. The normalized spacial score (nSPS) is 22.9. The number of piperidine rings is 1. The summed E-state index contributed by atoms with van der Waals surface area (Å²) >= 11 is 0. The van der Waals surface area contributed by atoms with Crippen molar-refractivity contribution in [1.82, 2.24) is 18.8 Å². The van der Waals surface area contributed by atoms with E-state index in [2.05, 4.69) is 22.2 Å². The number of aromatic nitrogens is 3. The Labute approximate surface area is 187 Å². The zero-order chi connectivity index (χ0) is 23.0. The van der Waals surface area contributed by atoms with Crippen LogP contribution in [0.3, 0.4) is 0 Å². The van der Waals surface area contributed by atoms with Crippen LogP contribution in [-0.4, -0.2) is 58.6 Å². The summed E-state index contributed by atoms with van der Waals surface area (Å²) in [6.07, 6.45) is 7.03. The van der Waals surface area contributed by atoms with Crippen molar-refractivity contribution in [3.63, 3.8) is 0 Å². The van der Waals surface area contributed by atoms with Gasteiger partial charge in [-0.3, -0.25) is 14.2 Å². The van der Waals surface area contributed by atoms with E-state index in [9.17, 15) is 18.0 Å². The number of primary amides is 1. The highest BCUT2D eigenvalue weighted by Crippen LogP contribution is 2.36. The first-order valence-corrected chi connectivity index (χ1v) is 12.9. The first kappa shape index (κ1) is 22.7. The Bertz CT molecular complexity index is 1190. The summed E-state index contributed by atoms with van der Waals surface area (Å²) < 4.78 is 26.7. The molecule has 32 heavy (non-hydrogen) atoms. The summed E-state index contributed by atoms with van der Waals surface area (Å²) in [7, 11) is -3.19. The lowest BCUT2D eigenvalue weighted by molar-refractivity contribution is -0.117. The number of pyridine rings is 1. The van der Waals surface area contributed by atoms with Gasteiger partial charge < -0.3 is 11.1 Å². The maximum absolute atomic E-state index is 13.3. The van der Waals surface area contributed by atoms with Crippen LogP contribution in [0.1, 0.15) is 50.6 Å². The van der Waals surface area contributed by atoms with Crippen LogP contribution >= 0.6 is 0 Å². The molecule has 3 heterocycles. The van der Waals surface area contributed by atoms with E-state index in [0.29, 0.717) is 54.4 Å². The molecule has 0 spiro atoms. The van der Waals surface area contributed by atoms with E-state index in [1.165, 1.54) is 10.6 Å². The molecule has 0 bridgehead atoms. The highest BCUT2D eigenvalue weighted by atomic mass is 32.2. The van der Waals surface area contributed by atoms with Crippen LogP contribution < -0.4 is 16.6 Å². The first-order valence-electron chi connectivity index (χ1n) is 11.0. The standard InChI is InChI=1S/C21H30N6O4S/c1-13-4-3-5-17(13)27-19-15(10-14(20(27)29)11-18(22)28)12-23-21(25-19)24-16-6-8-26(9-7-16)32(2,30)31/h10,12-13,16-17H,3-9,11H2,1-2H3,(H2,22,28)(H,23,24,25)/t13-,17-/m0/s1. The summed E-state index contributed by atoms with van der Waals surface area (Å²) in [6.45, 7) is 3.03. The molecule has 0 aromatic carbocycles. The molecule has 0 unspecified atom stereocenters. The number of nitrogens with zero attached hydrogens (tertiary/aromatic N) is 4. The van der Waals surface area contributed by atoms with Crippen LogP contribution in [0.25, 0.3) is 11.0 Å². The maximum Gasteiger partial charge on any atom is 0.256 e. The van der Waals surface area contributed by atoms with E-state index in [1.54, 1.807) is 16.8 Å². The molecule has 2 aromatic heterocycles. The molecule has 2 atom stereocenters. The molecular weight excluding hydrogens is 432 g/mol. The quantitative estimate of drug-likeness (QED) is 0.653. The monoisotopic (exact) mass is 462 g/mol. The van der Waals surface area contributed by atoms with Crippen LogP contribution in [0.5, 0.6) is 0 Å². The fraction of sp³-hybridized carbons (Fsp3) is 0.619. The number of nitrogens with one attached hydrogen (secondary N) is 1. The molecule has 1 amide bonds. The number of hydrogen-bond donors (Lipinski definition) is 2. The minimum absolute atomic E-state index is 0.0126. The van der Waals surface area contributed by atoms with Crippen molar-refractivity contribution >= 4 is 32.9 Å². The van der Waals surface area contributed by atoms with E-state index in [1.807, 2.05) is 0 Å². The van der Waals surface area contributed by atoms with Gasteiger partial charge in [-0.2, -0.15) is 4.98 Å². The summed E-state index contributed by atoms with van der Waals surface area (Å²) in [5.41, 5.74) is 6.05. The Kier molecular flexibility index (Phi) is 6.22. The lowest BCUT2D eigenvalue weighted by atomic mass is 10.0. The van der Waals surface area contributed by atoms with Crippen LogP contribution in [-0.2, 0) is 21.2 Å². The fourth-order valence-electron chi connectivity index (χ4n) is 4.89. The van der Waals surface area contributed by atoms with Crippen molar-refractivity contribution in [3.8, 4) is 0 Å². The Balaban J connectivity index is 1.67. The van der Waals surface area contributed by atoms with Crippen LogP contribution in [0, 0.1) is 5.92 Å². The summed E-state index contributed by atoms with van der Waals surface area (Å²) in [5.74, 6) is 0.190. The number of fused-ring (bicyclic) bond motifs is 1. The molecule has 2 aliphatic rings. The number of rotatable bonds is 6. The van der Waals surface area contributed by atoms with Gasteiger partial charge in [-0.25, -0.2) is 17.7 Å². The van der Waals surface area contributed by atoms with Gasteiger partial charge in [-0.1, -0.05) is 13.3 Å². The SMILES string of the molecule is C[C@H]1CCC[C@@H]1n1c(=O)c(CC(N)=O)cc2cnc(NC3CCN(S(C)(=O)=O)CC3)nc21. The van der Waals surface area contributed by atoms with Gasteiger partial charge in [0, 0.05) is 42.3 Å². The van der Waals surface area contributed by atoms with Crippen LogP contribution in [0.2, 0.25) is 0 Å². The van der Waals surface area contributed by atoms with Gasteiger partial charge in [0.2, 0.25) is 21.9 Å². The van der Waals surface area contributed by atoms with E-state index in [0.717, 1.165) is 19.3 Å². The molecule has 1 aliphatic carbocycles. The number of hydrogen-bond acceptors (Lipinski definition) is 7. The van der Waals surface area contributed by atoms with Crippen molar-refractivity contribution in [2.45, 2.75) is 57.5 Å². The third-order valence-electron chi connectivity index (χ3n) is 6.62. The predicted octanol–water partition coefficient (Wildman–Crippen LogP) is 1.02. The second-order valence-corrected chi connectivity index (χ2v) is 11.0. The lowest BCUT2D eigenvalue weighted by Gasteiger charge is -2.30. The highest BCUT2D eigenvalue weighted by molar-refractivity contribution is 7.88. The topological polar surface area (TPSA) is 140 Å². The highest BCUT2D eigenvalue weighted by Gasteiger charge is 2.29. The Hall–Kier alpha value is -2.53. The molecule has 10 nitrogen and oxygen atoms in total. The Morgan fingerprint density at radius 3 is 2.56 bits per heavy atom. The van der Waals surface area contributed by atoms with Crippen molar-refractivity contribution < 1.29 is 13.2 Å². The second-order valence-electron chi connectivity index (χ2n) is 9.02. The second kappa shape index (κ2) is 8.78. The number of sulfonamides is 1. The van der Waals surface area contributed by atoms with Gasteiger partial charge in [0.15, 0.2) is 0 Å². The molecule has 1 saturated carbocycles. The van der Waals surface area contributed by atoms with Gasteiger partial charge in [0.25, 0.3) is 5.56 Å². The molecule has 1 saturated heterocycles. The maximum atomic E-state index is 13.3. The average molecular weight is 463 g/mol. The van der Waals surface area contributed by atoms with Gasteiger partial charge in [0.1, 0.15) is 5.65 Å². The van der Waals surface area contributed by atoms with Crippen molar-refractivity contribution in [1.29, 1.82) is 0 Å². The van der Waals surface area contributed by atoms with Crippen molar-refractivity contribution in [2.75, 3.05) is 24.7 Å². The number of amides is 1. The number of nitrogens with two attached hydrogens (primary N) is 1. The average Bonchev–Trinajstić information content (AvgIpc) is 3.14. The Morgan fingerprint density at radius 1 is 1.25 bits per heavy atom. The van der Waals surface area contributed by atoms with Crippen molar-refractivity contribution in [3.05, 3.63) is 28.2 Å². The van der Waals surface area contributed by atoms with Gasteiger partial charge in [-0.05, 0) is 37.7 Å². The predicted molar refractivity (Wildman–Crippen MR) is 122 cm³/mol. The number of carbonyl (C=O) groups is 1. The molecule has 2 aromatic rings. The molecule has 4 rings (SSSR count). The molecule has 174 valence electrons. The van der Waals surface area contributed by atoms with E-state index in [4.69, 9.17) is 5.73 Å². The summed E-state index contributed by atoms with van der Waals surface area (Å²) in [4.78, 5) is 33.9. The van der Waals surface area contributed by atoms with Crippen LogP contribution in [0.4, 0.5) is 5.95 Å². The molecule has 11 heteroatoms. The minimum Gasteiger partial charge on any atom is -0.369 e. The van der Waals surface area contributed by atoms with Gasteiger partial charge in [0.05, 0.1) is 12.7 Å². The fourth-order valence-corrected chi connectivity index (χ4v) is 5.77. The molecule has 0 radical (unpaired) electrons. The van der Waals surface area contributed by atoms with E-state index >= 15 is 0 Å². The summed E-state index contributed by atoms with van der Waals surface area (Å²) in [5, 5.41) is 4.00. The molecule has 1 aliphatic heterocycles. The molecule has 3 N–H and O–H groups in total. The van der Waals surface area contributed by atoms with Crippen molar-refractivity contribution in [2.24, 2.45) is 11.7 Å². The summed E-state index contributed by atoms with van der Waals surface area (Å²) in [6, 6.07) is 1.72. The Morgan fingerprint density at radius 2 is 1.97 bits per heavy atom. The minimum atomic E-state index is -3.19.